The van der Waals surface area contributed by atoms with Gasteiger partial charge in [0.05, 0.1) is 25.4 Å². The molecule has 2 atom stereocenters. The maximum Gasteiger partial charge on any atom is 0.226 e. The van der Waals surface area contributed by atoms with E-state index in [1.165, 1.54) is 0 Å². The Morgan fingerprint density at radius 1 is 1.14 bits per heavy atom. The van der Waals surface area contributed by atoms with Crippen LogP contribution in [0.3, 0.4) is 0 Å². The summed E-state index contributed by atoms with van der Waals surface area (Å²) in [5.74, 6) is 3.41. The number of likely N-dealkylation sites (tertiary alicyclic amines) is 1. The Hall–Kier alpha value is -1.48. The van der Waals surface area contributed by atoms with Crippen molar-refractivity contribution in [1.82, 2.24) is 24.4 Å². The molecule has 2 aliphatic heterocycles. The lowest BCUT2D eigenvalue weighted by Gasteiger charge is -2.27. The molecular formula is C19H27ClN6O2. The maximum absolute atomic E-state index is 10.3. The summed E-state index contributed by atoms with van der Waals surface area (Å²) in [6, 6.07) is 0. The van der Waals surface area contributed by atoms with Gasteiger partial charge in [0.25, 0.3) is 0 Å². The molecule has 3 aliphatic rings. The van der Waals surface area contributed by atoms with Crippen LogP contribution in [0.25, 0.3) is 11.2 Å². The van der Waals surface area contributed by atoms with Gasteiger partial charge in [-0.25, -0.2) is 4.98 Å². The van der Waals surface area contributed by atoms with E-state index in [-0.39, 0.29) is 5.28 Å². The topological polar surface area (TPSA) is 79.5 Å². The van der Waals surface area contributed by atoms with Gasteiger partial charge in [-0.1, -0.05) is 0 Å². The summed E-state index contributed by atoms with van der Waals surface area (Å²) in [7, 11) is 1.99. The lowest BCUT2D eigenvalue weighted by Crippen LogP contribution is -2.37. The molecule has 8 nitrogen and oxygen atoms in total. The number of ether oxygens (including phenoxy) is 1. The molecule has 2 aromatic heterocycles. The number of hydrogen-bond acceptors (Lipinski definition) is 7. The van der Waals surface area contributed by atoms with Crippen molar-refractivity contribution in [3.8, 4) is 0 Å². The molecule has 2 saturated heterocycles. The summed E-state index contributed by atoms with van der Waals surface area (Å²) >= 11 is 6.22. The molecule has 0 spiro atoms. The quantitative estimate of drug-likeness (QED) is 0.766. The number of anilines is 1. The molecule has 1 aliphatic carbocycles. The van der Waals surface area contributed by atoms with Gasteiger partial charge >= 0.3 is 0 Å². The first-order valence-electron chi connectivity index (χ1n) is 9.99. The van der Waals surface area contributed by atoms with Gasteiger partial charge in [-0.3, -0.25) is 4.90 Å². The Bertz CT molecular complexity index is 892. The van der Waals surface area contributed by atoms with Crippen LogP contribution in [0.2, 0.25) is 5.28 Å². The lowest BCUT2D eigenvalue weighted by molar-refractivity contribution is 0.0365. The largest absolute Gasteiger partial charge is 0.390 e. The number of fused-ring (bicyclic) bond motifs is 2. The van der Waals surface area contributed by atoms with E-state index in [9.17, 15) is 5.11 Å². The highest BCUT2D eigenvalue weighted by Gasteiger charge is 2.60. The highest BCUT2D eigenvalue weighted by molar-refractivity contribution is 6.28. The van der Waals surface area contributed by atoms with Gasteiger partial charge in [0.1, 0.15) is 5.82 Å². The van der Waals surface area contributed by atoms with Gasteiger partial charge in [0.15, 0.2) is 17.0 Å². The van der Waals surface area contributed by atoms with E-state index < -0.39 is 5.60 Å². The third kappa shape index (κ3) is 3.07. The van der Waals surface area contributed by atoms with Crippen molar-refractivity contribution in [2.75, 3.05) is 44.3 Å². The van der Waals surface area contributed by atoms with Crippen LogP contribution in [-0.4, -0.2) is 74.5 Å². The summed E-state index contributed by atoms with van der Waals surface area (Å²) in [6.45, 7) is 9.60. The Morgan fingerprint density at radius 2 is 1.82 bits per heavy atom. The number of aliphatic hydroxyl groups is 1. The van der Waals surface area contributed by atoms with E-state index in [4.69, 9.17) is 21.3 Å². The van der Waals surface area contributed by atoms with Crippen molar-refractivity contribution in [1.29, 1.82) is 0 Å². The number of imidazole rings is 1. The van der Waals surface area contributed by atoms with Gasteiger partial charge in [-0.05, 0) is 43.2 Å². The standard InChI is InChI=1S/C19H27ClN6O2/c1-19(2,27)14-11-8-25(9-12(11)14)10-13-21-15-16(24(13)3)22-18(20)23-17(15)26-4-6-28-7-5-26/h11-12,14,27H,4-10H2,1-3H3. The van der Waals surface area contributed by atoms with Crippen molar-refractivity contribution in [3.63, 3.8) is 0 Å². The highest BCUT2D eigenvalue weighted by Crippen LogP contribution is 2.56. The van der Waals surface area contributed by atoms with Crippen molar-refractivity contribution < 1.29 is 9.84 Å². The summed E-state index contributed by atoms with van der Waals surface area (Å²) in [4.78, 5) is 18.4. The smallest absolute Gasteiger partial charge is 0.226 e. The van der Waals surface area contributed by atoms with E-state index >= 15 is 0 Å². The van der Waals surface area contributed by atoms with Crippen molar-refractivity contribution in [3.05, 3.63) is 11.1 Å². The molecule has 3 fully saturated rings. The summed E-state index contributed by atoms with van der Waals surface area (Å²) in [5, 5.41) is 10.5. The molecule has 0 radical (unpaired) electrons. The fraction of sp³-hybridized carbons (Fsp3) is 0.737. The van der Waals surface area contributed by atoms with E-state index in [2.05, 4.69) is 19.8 Å². The van der Waals surface area contributed by atoms with E-state index in [1.807, 2.05) is 25.5 Å². The highest BCUT2D eigenvalue weighted by atomic mass is 35.5. The van der Waals surface area contributed by atoms with E-state index in [0.717, 1.165) is 55.5 Å². The number of hydrogen-bond donors (Lipinski definition) is 1. The fourth-order valence-corrected chi connectivity index (χ4v) is 5.35. The number of aromatic nitrogens is 4. The monoisotopic (exact) mass is 406 g/mol. The molecular weight excluding hydrogens is 380 g/mol. The van der Waals surface area contributed by atoms with E-state index in [1.54, 1.807) is 0 Å². The zero-order valence-electron chi connectivity index (χ0n) is 16.6. The van der Waals surface area contributed by atoms with E-state index in [0.29, 0.717) is 31.0 Å². The average Bonchev–Trinajstić information content (AvgIpc) is 3.05. The molecule has 0 bridgehead atoms. The van der Waals surface area contributed by atoms with Gasteiger partial charge < -0.3 is 19.3 Å². The summed E-state index contributed by atoms with van der Waals surface area (Å²) in [5.41, 5.74) is 1.01. The van der Waals surface area contributed by atoms with Crippen molar-refractivity contribution >= 4 is 28.6 Å². The number of aryl methyl sites for hydroxylation is 1. The molecule has 9 heteroatoms. The van der Waals surface area contributed by atoms with Gasteiger partial charge in [0, 0.05) is 33.2 Å². The van der Waals surface area contributed by atoms with Crippen LogP contribution in [0.5, 0.6) is 0 Å². The molecule has 4 heterocycles. The number of morpholine rings is 1. The minimum Gasteiger partial charge on any atom is -0.390 e. The SMILES string of the molecule is Cn1c(CN2CC3C(C2)C3C(C)(C)O)nc2c(N3CCOCC3)nc(Cl)nc21. The van der Waals surface area contributed by atoms with Crippen LogP contribution in [0, 0.1) is 17.8 Å². The van der Waals surface area contributed by atoms with Crippen LogP contribution in [0.1, 0.15) is 19.7 Å². The van der Waals surface area contributed by atoms with Gasteiger partial charge in [-0.2, -0.15) is 9.97 Å². The van der Waals surface area contributed by atoms with Crippen LogP contribution >= 0.6 is 11.6 Å². The summed E-state index contributed by atoms with van der Waals surface area (Å²) < 4.78 is 7.49. The first-order chi connectivity index (χ1) is 13.3. The zero-order chi connectivity index (χ0) is 19.6. The Morgan fingerprint density at radius 3 is 2.46 bits per heavy atom. The predicted molar refractivity (Wildman–Crippen MR) is 106 cm³/mol. The molecule has 1 saturated carbocycles. The third-order valence-corrected chi connectivity index (χ3v) is 6.70. The lowest BCUT2D eigenvalue weighted by atomic mass is 9.99. The fourth-order valence-electron chi connectivity index (χ4n) is 5.19. The second kappa shape index (κ2) is 6.52. The van der Waals surface area contributed by atoms with Gasteiger partial charge in [0.2, 0.25) is 5.28 Å². The maximum atomic E-state index is 10.3. The molecule has 152 valence electrons. The van der Waals surface area contributed by atoms with Crippen LogP contribution < -0.4 is 4.90 Å². The third-order valence-electron chi connectivity index (χ3n) is 6.53. The second-order valence-electron chi connectivity index (χ2n) is 8.88. The Kier molecular flexibility index (Phi) is 4.32. The Labute approximate surface area is 169 Å². The molecule has 28 heavy (non-hydrogen) atoms. The molecule has 5 rings (SSSR count). The number of rotatable bonds is 4. The first kappa shape index (κ1) is 18.5. The average molecular weight is 407 g/mol. The second-order valence-corrected chi connectivity index (χ2v) is 9.21. The molecule has 1 N–H and O–H groups in total. The number of piperidine rings is 1. The zero-order valence-corrected chi connectivity index (χ0v) is 17.4. The predicted octanol–water partition coefficient (Wildman–Crippen LogP) is 1.30. The van der Waals surface area contributed by atoms with Crippen LogP contribution in [-0.2, 0) is 18.3 Å². The first-order valence-corrected chi connectivity index (χ1v) is 10.4. The molecule has 0 aromatic carbocycles. The summed E-state index contributed by atoms with van der Waals surface area (Å²) in [6.07, 6.45) is 0. The minimum atomic E-state index is -0.571. The van der Waals surface area contributed by atoms with Gasteiger partial charge in [-0.15, -0.1) is 0 Å². The number of halogens is 1. The Balaban J connectivity index is 1.38. The van der Waals surface area contributed by atoms with Crippen LogP contribution in [0.15, 0.2) is 0 Å². The van der Waals surface area contributed by atoms with Crippen molar-refractivity contribution in [2.24, 2.45) is 24.8 Å². The molecule has 2 unspecified atom stereocenters. The number of nitrogens with zero attached hydrogens (tertiary/aromatic N) is 6. The van der Waals surface area contributed by atoms with Crippen molar-refractivity contribution in [2.45, 2.75) is 26.0 Å². The normalized spacial score (nSPS) is 28.2. The molecule has 2 aromatic rings. The molecule has 0 amide bonds. The minimum absolute atomic E-state index is 0.249. The van der Waals surface area contributed by atoms with Crippen LogP contribution in [0.4, 0.5) is 5.82 Å².